The van der Waals surface area contributed by atoms with E-state index in [1.165, 1.54) is 25.6 Å². The van der Waals surface area contributed by atoms with Gasteiger partial charge in [0.15, 0.2) is 0 Å². The van der Waals surface area contributed by atoms with Crippen LogP contribution in [-0.2, 0) is 67.8 Å². The summed E-state index contributed by atoms with van der Waals surface area (Å²) in [4.78, 5) is 67.1. The summed E-state index contributed by atoms with van der Waals surface area (Å²) < 4.78 is 151. The fourth-order valence-electron chi connectivity index (χ4n) is 11.8. The normalized spacial score (nSPS) is 19.9. The SMILES string of the molecule is C#CCCOc1cc(C2=NC3(CCN(S(=O)(=O)CCc4ccc(C(=O)N(C)CCCN=[N+]=[N-])cc4C)CC3)C(=O)N2)cc(C(F)(F)F)c1.Cc1cc2ccc1CCS(=O)(=O)N1CCC3(CC1)N=C(NC3=O)c1cc(cc(C(F)(F)F)c1)OCCc1cn(nn1)CCCN(C)C2=O. The number of sulfonamides is 2. The van der Waals surface area contributed by atoms with Crippen LogP contribution in [0.15, 0.2) is 94.1 Å². The van der Waals surface area contributed by atoms with E-state index in [2.05, 4.69) is 46.9 Å². The minimum Gasteiger partial charge on any atom is -0.493 e. The number of nitrogens with zero attached hydrogens (tertiary/aromatic N) is 12. The summed E-state index contributed by atoms with van der Waals surface area (Å²) in [6.07, 6.45) is -0.128. The molecule has 5 aromatic rings. The number of piperidine rings is 2. The summed E-state index contributed by atoms with van der Waals surface area (Å²) in [5.41, 5.74) is 8.58. The summed E-state index contributed by atoms with van der Waals surface area (Å²) in [5.74, 6) is 0.454. The van der Waals surface area contributed by atoms with Crippen molar-refractivity contribution in [3.8, 4) is 23.8 Å². The molecule has 1 aromatic heterocycles. The molecule has 2 spiro atoms. The van der Waals surface area contributed by atoms with Crippen molar-refractivity contribution in [1.29, 1.82) is 0 Å². The molecule has 512 valence electrons. The quantitative estimate of drug-likeness (QED) is 0.0290. The molecule has 32 heteroatoms. The number of benzene rings is 4. The lowest BCUT2D eigenvalue weighted by molar-refractivity contribution is -0.138. The number of aryl methyl sites for hydroxylation is 5. The summed E-state index contributed by atoms with van der Waals surface area (Å²) in [5, 5.41) is 16.9. The van der Waals surface area contributed by atoms with Crippen LogP contribution in [0.4, 0.5) is 26.3 Å². The van der Waals surface area contributed by atoms with Gasteiger partial charge in [0.2, 0.25) is 20.0 Å². The van der Waals surface area contributed by atoms with Crippen molar-refractivity contribution in [3.63, 3.8) is 0 Å². The first-order valence-electron chi connectivity index (χ1n) is 30.9. The Morgan fingerprint density at radius 1 is 0.833 bits per heavy atom. The maximum atomic E-state index is 13.9. The molecule has 0 aliphatic carbocycles. The number of aliphatic imine (C=N–C) groups is 2. The van der Waals surface area contributed by atoms with E-state index >= 15 is 0 Å². The lowest BCUT2D eigenvalue weighted by Gasteiger charge is -2.34. The molecular formula is C64H72F6N14O10S2. The van der Waals surface area contributed by atoms with E-state index < -0.39 is 66.4 Å². The number of ether oxygens (including phenoxy) is 2. The predicted octanol–water partition coefficient (Wildman–Crippen LogP) is 7.46. The Morgan fingerprint density at radius 3 is 2.10 bits per heavy atom. The van der Waals surface area contributed by atoms with Gasteiger partial charge in [-0.25, -0.2) is 25.4 Å². The smallest absolute Gasteiger partial charge is 0.416 e. The monoisotopic (exact) mass is 1370 g/mol. The van der Waals surface area contributed by atoms with Gasteiger partial charge in [-0.2, -0.15) is 26.3 Å². The predicted molar refractivity (Wildman–Crippen MR) is 342 cm³/mol. The number of rotatable bonds is 13. The number of azide groups is 1. The molecule has 4 aromatic carbocycles. The number of terminal acetylenes is 1. The largest absolute Gasteiger partial charge is 0.493 e. The van der Waals surface area contributed by atoms with Gasteiger partial charge in [-0.05, 0) is 154 Å². The zero-order valence-electron chi connectivity index (χ0n) is 53.2. The maximum Gasteiger partial charge on any atom is 0.416 e. The highest BCUT2D eigenvalue weighted by Gasteiger charge is 2.50. The highest BCUT2D eigenvalue weighted by molar-refractivity contribution is 7.89. The molecule has 96 heavy (non-hydrogen) atoms. The maximum absolute atomic E-state index is 13.9. The molecule has 13 rings (SSSR count). The third kappa shape index (κ3) is 17.2. The van der Waals surface area contributed by atoms with E-state index in [-0.39, 0.29) is 155 Å². The second kappa shape index (κ2) is 29.6. The fourth-order valence-corrected chi connectivity index (χ4v) is 14.7. The Balaban J connectivity index is 0.000000225. The Labute approximate surface area is 551 Å². The number of hydrogen-bond acceptors (Lipinski definition) is 15. The molecule has 24 nitrogen and oxygen atoms in total. The minimum atomic E-state index is -4.68. The van der Waals surface area contributed by atoms with E-state index in [1.807, 2.05) is 6.92 Å². The first kappa shape index (κ1) is 71.4. The molecule has 4 amide bonds. The average Bonchev–Trinajstić information content (AvgIpc) is 1.64. The summed E-state index contributed by atoms with van der Waals surface area (Å²) in [6.45, 7) is 5.39. The summed E-state index contributed by atoms with van der Waals surface area (Å²) >= 11 is 0. The zero-order valence-corrected chi connectivity index (χ0v) is 54.8. The molecule has 0 radical (unpaired) electrons. The van der Waals surface area contributed by atoms with Crippen molar-refractivity contribution in [1.82, 2.24) is 44.0 Å². The Hall–Kier alpha value is -8.89. The highest BCUT2D eigenvalue weighted by Crippen LogP contribution is 2.39. The van der Waals surface area contributed by atoms with Crippen molar-refractivity contribution >= 4 is 55.3 Å². The van der Waals surface area contributed by atoms with E-state index in [0.29, 0.717) is 49.3 Å². The second-order valence-corrected chi connectivity index (χ2v) is 28.3. The van der Waals surface area contributed by atoms with Crippen LogP contribution in [0, 0.1) is 26.2 Å². The molecule has 2 N–H and O–H groups in total. The van der Waals surface area contributed by atoms with Crippen LogP contribution in [0.2, 0.25) is 0 Å². The first-order valence-corrected chi connectivity index (χ1v) is 34.2. The Bertz CT molecular complexity index is 4170. The van der Waals surface area contributed by atoms with Gasteiger partial charge in [0, 0.05) is 113 Å². The minimum absolute atomic E-state index is 0.00795. The van der Waals surface area contributed by atoms with Gasteiger partial charge in [-0.1, -0.05) is 22.5 Å². The average molecular weight is 1380 g/mol. The second-order valence-electron chi connectivity index (χ2n) is 24.1. The van der Waals surface area contributed by atoms with Crippen LogP contribution in [0.1, 0.15) is 116 Å². The van der Waals surface area contributed by atoms with Crippen LogP contribution in [-0.4, -0.2) is 181 Å². The third-order valence-corrected chi connectivity index (χ3v) is 21.2. The first-order chi connectivity index (χ1) is 45.4. The van der Waals surface area contributed by atoms with Crippen molar-refractivity contribution in [2.45, 2.75) is 108 Å². The molecular weight excluding hydrogens is 1300 g/mol. The van der Waals surface area contributed by atoms with E-state index in [0.717, 1.165) is 46.5 Å². The van der Waals surface area contributed by atoms with Gasteiger partial charge in [0.05, 0.1) is 41.5 Å². The number of alkyl halides is 6. The number of amidine groups is 2. The molecule has 8 aliphatic rings. The number of carbonyl (C=O) groups is 4. The van der Waals surface area contributed by atoms with E-state index in [4.69, 9.17) is 21.4 Å². The zero-order chi connectivity index (χ0) is 69.4. The third-order valence-electron chi connectivity index (χ3n) is 17.4. The molecule has 0 unspecified atom stereocenters. The Kier molecular flexibility index (Phi) is 22.0. The van der Waals surface area contributed by atoms with Gasteiger partial charge in [-0.3, -0.25) is 33.8 Å². The summed E-state index contributed by atoms with van der Waals surface area (Å²) in [6, 6.07) is 16.6. The number of aromatic nitrogens is 3. The topological polar surface area (TPSA) is 296 Å². The molecule has 2 fully saturated rings. The van der Waals surface area contributed by atoms with Crippen molar-refractivity contribution in [3.05, 3.63) is 151 Å². The van der Waals surface area contributed by atoms with Crippen LogP contribution in [0.3, 0.4) is 0 Å². The number of halogens is 6. The van der Waals surface area contributed by atoms with Crippen LogP contribution in [0.25, 0.3) is 10.4 Å². The number of nitrogens with one attached hydrogen (secondary N) is 2. The lowest BCUT2D eigenvalue weighted by Crippen LogP contribution is -2.50. The molecule has 9 bridgehead atoms. The standard InChI is InChI=1S/2C32H36F3N7O5S/c1-21-16-23-5-4-22(21)7-15-48(45,46)42-12-8-31(9-13-42)30(44)36-28(37-31)24-17-25(32(33,34)35)19-27(18-24)47-14-6-26-20-41(39-38-26)11-3-10-40(2)29(23)43;1-4-5-16-47-27-20-25(19-26(21-27)32(33,34)35)28-38-30(44)31(39-28)10-14-42(15-11-31)48(45,46)17-9-23-7-8-24(18-22(23)2)29(43)41(3)13-6-12-37-40-36/h4-5,16-20H,3,6-15H2,1-2H3,(H,36,37,44);1,7-8,18-21H,5-6,9-17H2,2-3H3,(H,38,39,44). The van der Waals surface area contributed by atoms with Crippen molar-refractivity contribution in [2.75, 3.05) is 84.6 Å². The molecule has 0 atom stereocenters. The molecule has 2 saturated heterocycles. The molecule has 9 heterocycles. The summed E-state index contributed by atoms with van der Waals surface area (Å²) in [7, 11) is -4.07. The lowest BCUT2D eigenvalue weighted by atomic mass is 9.89. The highest BCUT2D eigenvalue weighted by atomic mass is 32.2. The van der Waals surface area contributed by atoms with E-state index in [9.17, 15) is 62.4 Å². The fraction of sp³-hybridized carbons (Fsp3) is 0.469. The van der Waals surface area contributed by atoms with Gasteiger partial charge < -0.3 is 29.9 Å². The van der Waals surface area contributed by atoms with Crippen molar-refractivity contribution < 1.29 is 71.8 Å². The molecule has 0 saturated carbocycles. The number of carbonyl (C=O) groups excluding carboxylic acids is 4. The molecule has 8 aliphatic heterocycles. The van der Waals surface area contributed by atoms with Crippen LogP contribution >= 0.6 is 0 Å². The van der Waals surface area contributed by atoms with Gasteiger partial charge in [0.1, 0.15) is 34.2 Å². The van der Waals surface area contributed by atoms with Gasteiger partial charge >= 0.3 is 12.4 Å². The van der Waals surface area contributed by atoms with Crippen LogP contribution < -0.4 is 20.1 Å². The van der Waals surface area contributed by atoms with Gasteiger partial charge in [0.25, 0.3) is 23.6 Å². The Morgan fingerprint density at radius 2 is 1.48 bits per heavy atom. The van der Waals surface area contributed by atoms with Crippen LogP contribution in [0.5, 0.6) is 11.5 Å². The van der Waals surface area contributed by atoms with Crippen molar-refractivity contribution in [2.24, 2.45) is 15.1 Å². The van der Waals surface area contributed by atoms with E-state index in [1.54, 1.807) is 73.2 Å². The number of amides is 4. The number of hydrogen-bond donors (Lipinski definition) is 2. The van der Waals surface area contributed by atoms with Gasteiger partial charge in [-0.15, -0.1) is 17.4 Å².